The van der Waals surface area contributed by atoms with Crippen LogP contribution in [0.3, 0.4) is 0 Å². The van der Waals surface area contributed by atoms with Gasteiger partial charge >= 0.3 is 0 Å². The normalized spacial score (nSPS) is 12.0. The van der Waals surface area contributed by atoms with Gasteiger partial charge in [0.25, 0.3) is 0 Å². The molecule has 7 N–H and O–H groups in total. The van der Waals surface area contributed by atoms with Gasteiger partial charge < -0.3 is 22.5 Å². The summed E-state index contributed by atoms with van der Waals surface area (Å²) in [5.74, 6) is 0.0132. The van der Waals surface area contributed by atoms with Gasteiger partial charge in [-0.05, 0) is 18.2 Å². The number of hydrogen-bond donors (Lipinski definition) is 4. The number of nitrogens with two attached hydrogens (primary N) is 3. The van der Waals surface area contributed by atoms with Crippen molar-refractivity contribution in [1.29, 1.82) is 0 Å². The van der Waals surface area contributed by atoms with E-state index >= 15 is 0 Å². The van der Waals surface area contributed by atoms with Gasteiger partial charge in [-0.3, -0.25) is 9.78 Å². The van der Waals surface area contributed by atoms with Crippen molar-refractivity contribution < 1.29 is 4.79 Å². The predicted molar refractivity (Wildman–Crippen MR) is 85.4 cm³/mol. The average molecular weight is 313 g/mol. The Morgan fingerprint density at radius 3 is 2.39 bits per heavy atom. The number of hydrogen-bond acceptors (Lipinski definition) is 7. The van der Waals surface area contributed by atoms with Crippen LogP contribution in [-0.4, -0.2) is 39.1 Å². The third-order valence-corrected chi connectivity index (χ3v) is 2.56. The lowest BCUT2D eigenvalue weighted by molar-refractivity contribution is -0.114. The summed E-state index contributed by atoms with van der Waals surface area (Å²) in [6.07, 6.45) is 4.50. The Kier molecular flexibility index (Phi) is 5.25. The second kappa shape index (κ2) is 7.56. The summed E-state index contributed by atoms with van der Waals surface area (Å²) in [6.45, 7) is -0.110. The fraction of sp³-hybridized carbons (Fsp3) is 0.0769. The van der Waals surface area contributed by atoms with Crippen LogP contribution in [0, 0.1) is 0 Å². The molecule has 2 rings (SSSR count). The first-order valence-corrected chi connectivity index (χ1v) is 6.50. The van der Waals surface area contributed by atoms with Gasteiger partial charge in [0.05, 0.1) is 18.4 Å². The minimum atomic E-state index is -0.318. The van der Waals surface area contributed by atoms with Crippen molar-refractivity contribution in [3.63, 3.8) is 0 Å². The summed E-state index contributed by atoms with van der Waals surface area (Å²) < 4.78 is 0. The highest BCUT2D eigenvalue weighted by Crippen LogP contribution is 2.06. The SMILES string of the molecule is NCC(=O)Nc1ccc(/C(N)=N/N=C(\N)c2ncccn2)nc1. The standard InChI is InChI=1S/C13H15N9O/c14-6-10(23)20-8-2-3-9(19-7-8)11(15)21-22-12(16)13-17-4-1-5-18-13/h1-5,7H,6,14H2,(H2,15,21)(H2,16,22)(H,20,23). The van der Waals surface area contributed by atoms with E-state index in [0.717, 1.165) is 0 Å². The molecule has 0 unspecified atom stereocenters. The fourth-order valence-corrected chi connectivity index (χ4v) is 1.47. The molecule has 0 radical (unpaired) electrons. The van der Waals surface area contributed by atoms with Crippen molar-refractivity contribution in [1.82, 2.24) is 15.0 Å². The van der Waals surface area contributed by atoms with Gasteiger partial charge in [-0.15, -0.1) is 10.2 Å². The van der Waals surface area contributed by atoms with Crippen molar-refractivity contribution in [2.24, 2.45) is 27.4 Å². The first kappa shape index (κ1) is 16.0. The van der Waals surface area contributed by atoms with Gasteiger partial charge in [0, 0.05) is 12.4 Å². The smallest absolute Gasteiger partial charge is 0.238 e. The van der Waals surface area contributed by atoms with E-state index in [-0.39, 0.29) is 29.9 Å². The van der Waals surface area contributed by atoms with E-state index in [2.05, 4.69) is 30.5 Å². The lowest BCUT2D eigenvalue weighted by Gasteiger charge is -2.03. The number of carbonyl (C=O) groups excluding carboxylic acids is 1. The zero-order chi connectivity index (χ0) is 16.7. The molecule has 1 amide bonds. The maximum absolute atomic E-state index is 11.2. The van der Waals surface area contributed by atoms with Crippen molar-refractivity contribution in [2.75, 3.05) is 11.9 Å². The number of amides is 1. The highest BCUT2D eigenvalue weighted by Gasteiger charge is 2.04. The van der Waals surface area contributed by atoms with E-state index in [4.69, 9.17) is 17.2 Å². The molecule has 23 heavy (non-hydrogen) atoms. The molecule has 0 saturated heterocycles. The molecule has 0 spiro atoms. The van der Waals surface area contributed by atoms with Crippen LogP contribution in [0.5, 0.6) is 0 Å². The maximum Gasteiger partial charge on any atom is 0.238 e. The van der Waals surface area contributed by atoms with E-state index in [9.17, 15) is 4.79 Å². The van der Waals surface area contributed by atoms with E-state index < -0.39 is 0 Å². The largest absolute Gasteiger partial charge is 0.380 e. The molecule has 10 nitrogen and oxygen atoms in total. The highest BCUT2D eigenvalue weighted by molar-refractivity contribution is 5.98. The Labute approximate surface area is 131 Å². The number of rotatable bonds is 5. The van der Waals surface area contributed by atoms with Gasteiger partial charge in [-0.25, -0.2) is 9.97 Å². The van der Waals surface area contributed by atoms with Crippen molar-refractivity contribution in [2.45, 2.75) is 0 Å². The molecule has 2 aromatic heterocycles. The number of nitrogens with zero attached hydrogens (tertiary/aromatic N) is 5. The quantitative estimate of drug-likeness (QED) is 0.305. The first-order valence-electron chi connectivity index (χ1n) is 6.50. The maximum atomic E-state index is 11.2. The van der Waals surface area contributed by atoms with Gasteiger partial charge in [0.15, 0.2) is 17.5 Å². The number of anilines is 1. The van der Waals surface area contributed by atoms with Crippen LogP contribution < -0.4 is 22.5 Å². The van der Waals surface area contributed by atoms with Crippen LogP contribution in [0.1, 0.15) is 11.5 Å². The number of nitrogens with one attached hydrogen (secondary N) is 1. The molecule has 0 atom stereocenters. The van der Waals surface area contributed by atoms with Gasteiger partial charge in [0.2, 0.25) is 5.91 Å². The molecule has 2 aromatic rings. The van der Waals surface area contributed by atoms with E-state index in [1.165, 1.54) is 18.6 Å². The zero-order valence-corrected chi connectivity index (χ0v) is 12.0. The molecule has 0 aliphatic carbocycles. The van der Waals surface area contributed by atoms with Gasteiger partial charge in [-0.2, -0.15) is 0 Å². The van der Waals surface area contributed by atoms with Crippen molar-refractivity contribution >= 4 is 23.3 Å². The Morgan fingerprint density at radius 1 is 1.09 bits per heavy atom. The number of carbonyl (C=O) groups is 1. The van der Waals surface area contributed by atoms with Gasteiger partial charge in [0.1, 0.15) is 5.69 Å². The molecular formula is C13H15N9O. The number of amidine groups is 2. The topological polar surface area (TPSA) is 171 Å². The molecule has 0 aromatic carbocycles. The minimum absolute atomic E-state index is 0.0281. The van der Waals surface area contributed by atoms with Crippen LogP contribution >= 0.6 is 0 Å². The van der Waals surface area contributed by atoms with Crippen LogP contribution in [0.4, 0.5) is 5.69 Å². The summed E-state index contributed by atoms with van der Waals surface area (Å²) in [5, 5.41) is 10.1. The van der Waals surface area contributed by atoms with Crippen molar-refractivity contribution in [3.8, 4) is 0 Å². The minimum Gasteiger partial charge on any atom is -0.380 e. The zero-order valence-electron chi connectivity index (χ0n) is 12.0. The molecule has 2 heterocycles. The van der Waals surface area contributed by atoms with E-state index in [1.54, 1.807) is 18.2 Å². The molecule has 0 aliphatic rings. The third-order valence-electron chi connectivity index (χ3n) is 2.56. The molecule has 0 fully saturated rings. The molecule has 10 heteroatoms. The Morgan fingerprint density at radius 2 is 1.78 bits per heavy atom. The van der Waals surface area contributed by atoms with Crippen LogP contribution in [0.25, 0.3) is 0 Å². The van der Waals surface area contributed by atoms with Crippen LogP contribution in [-0.2, 0) is 4.79 Å². The van der Waals surface area contributed by atoms with Crippen LogP contribution in [0.15, 0.2) is 47.0 Å². The third kappa shape index (κ3) is 4.54. The number of pyridine rings is 1. The average Bonchev–Trinajstić information content (AvgIpc) is 2.60. The fourth-order valence-electron chi connectivity index (χ4n) is 1.47. The highest BCUT2D eigenvalue weighted by atomic mass is 16.1. The van der Waals surface area contributed by atoms with Crippen LogP contribution in [0.2, 0.25) is 0 Å². The summed E-state index contributed by atoms with van der Waals surface area (Å²) in [5.41, 5.74) is 17.6. The summed E-state index contributed by atoms with van der Waals surface area (Å²) in [7, 11) is 0. The molecular weight excluding hydrogens is 298 g/mol. The molecule has 0 bridgehead atoms. The lowest BCUT2D eigenvalue weighted by Crippen LogP contribution is -2.22. The van der Waals surface area contributed by atoms with E-state index in [0.29, 0.717) is 11.4 Å². The van der Waals surface area contributed by atoms with E-state index in [1.807, 2.05) is 0 Å². The van der Waals surface area contributed by atoms with Crippen molar-refractivity contribution in [3.05, 3.63) is 48.3 Å². The Balaban J connectivity index is 2.10. The summed E-state index contributed by atoms with van der Waals surface area (Å²) in [6, 6.07) is 4.85. The summed E-state index contributed by atoms with van der Waals surface area (Å²) >= 11 is 0. The summed E-state index contributed by atoms with van der Waals surface area (Å²) in [4.78, 5) is 23.1. The number of aromatic nitrogens is 3. The first-order chi connectivity index (χ1) is 11.1. The molecule has 118 valence electrons. The second-order valence-corrected chi connectivity index (χ2v) is 4.23. The monoisotopic (exact) mass is 313 g/mol. The molecule has 0 aliphatic heterocycles. The lowest BCUT2D eigenvalue weighted by atomic mass is 10.3. The Hall–Kier alpha value is -3.40. The molecule has 0 saturated carbocycles. The second-order valence-electron chi connectivity index (χ2n) is 4.23. The Bertz CT molecular complexity index is 725. The van der Waals surface area contributed by atoms with Gasteiger partial charge in [-0.1, -0.05) is 0 Å². The predicted octanol–water partition coefficient (Wildman–Crippen LogP) is -1.21.